The number of carbonyl (C=O) groups excluding carboxylic acids is 1. The van der Waals surface area contributed by atoms with Crippen molar-refractivity contribution in [2.45, 2.75) is 13.0 Å². The molecule has 0 saturated carbocycles. The zero-order chi connectivity index (χ0) is 12.4. The molecule has 0 aromatic heterocycles. The first-order chi connectivity index (χ1) is 8.13. The maximum Gasteiger partial charge on any atom is 0.169 e. The quantitative estimate of drug-likeness (QED) is 0.630. The minimum absolute atomic E-state index is 0.0332. The van der Waals surface area contributed by atoms with Gasteiger partial charge in [0.05, 0.1) is 18.6 Å². The highest BCUT2D eigenvalue weighted by atomic mass is 79.9. The zero-order valence-electron chi connectivity index (χ0n) is 9.73. The van der Waals surface area contributed by atoms with Crippen LogP contribution in [-0.4, -0.2) is 18.5 Å². The maximum atomic E-state index is 12.4. The topological polar surface area (TPSA) is 26.3 Å². The van der Waals surface area contributed by atoms with Crippen molar-refractivity contribution in [3.63, 3.8) is 0 Å². The number of benzene rings is 1. The molecule has 3 heteroatoms. The van der Waals surface area contributed by atoms with E-state index in [9.17, 15) is 4.79 Å². The van der Waals surface area contributed by atoms with Gasteiger partial charge >= 0.3 is 0 Å². The molecule has 1 fully saturated rings. The van der Waals surface area contributed by atoms with Gasteiger partial charge in [0.15, 0.2) is 5.78 Å². The number of hydrogen-bond acceptors (Lipinski definition) is 2. The van der Waals surface area contributed by atoms with Gasteiger partial charge in [-0.25, -0.2) is 0 Å². The monoisotopic (exact) mass is 294 g/mol. The molecule has 1 saturated heterocycles. The standard InChI is InChI=1S/C14H15BrO2/c1-3-10-8-17-9(2)13(10)14(16)11-4-6-12(15)7-5-11/h3-7,9-10,13H,1,8H2,2H3/t9-,10+,13-/m1/s1. The third kappa shape index (κ3) is 2.50. The molecule has 0 N–H and O–H groups in total. The molecular formula is C14H15BrO2. The maximum absolute atomic E-state index is 12.4. The van der Waals surface area contributed by atoms with E-state index >= 15 is 0 Å². The highest BCUT2D eigenvalue weighted by Crippen LogP contribution is 2.31. The fraction of sp³-hybridized carbons (Fsp3) is 0.357. The molecule has 1 heterocycles. The largest absolute Gasteiger partial charge is 0.377 e. The number of rotatable bonds is 3. The van der Waals surface area contributed by atoms with Gasteiger partial charge in [-0.2, -0.15) is 0 Å². The van der Waals surface area contributed by atoms with E-state index in [1.807, 2.05) is 37.3 Å². The smallest absolute Gasteiger partial charge is 0.169 e. The van der Waals surface area contributed by atoms with E-state index in [4.69, 9.17) is 4.74 Å². The summed E-state index contributed by atoms with van der Waals surface area (Å²) in [6, 6.07) is 7.46. The molecule has 0 radical (unpaired) electrons. The van der Waals surface area contributed by atoms with Crippen LogP contribution in [-0.2, 0) is 4.74 Å². The molecule has 3 atom stereocenters. The summed E-state index contributed by atoms with van der Waals surface area (Å²) in [6.45, 7) is 6.32. The van der Waals surface area contributed by atoms with E-state index in [1.54, 1.807) is 0 Å². The Kier molecular flexibility index (Phi) is 3.79. The van der Waals surface area contributed by atoms with Crippen molar-refractivity contribution in [2.75, 3.05) is 6.61 Å². The van der Waals surface area contributed by atoms with Gasteiger partial charge in [-0.15, -0.1) is 6.58 Å². The first-order valence-electron chi connectivity index (χ1n) is 5.67. The van der Waals surface area contributed by atoms with Crippen molar-refractivity contribution in [1.82, 2.24) is 0 Å². The third-order valence-electron chi connectivity index (χ3n) is 3.25. The minimum Gasteiger partial charge on any atom is -0.377 e. The Labute approximate surface area is 110 Å². The van der Waals surface area contributed by atoms with E-state index in [2.05, 4.69) is 22.5 Å². The Bertz CT molecular complexity index is 424. The summed E-state index contributed by atoms with van der Waals surface area (Å²) in [5.41, 5.74) is 0.738. The van der Waals surface area contributed by atoms with Gasteiger partial charge in [0.1, 0.15) is 0 Å². The summed E-state index contributed by atoms with van der Waals surface area (Å²) in [4.78, 5) is 12.4. The van der Waals surface area contributed by atoms with Crippen molar-refractivity contribution < 1.29 is 9.53 Å². The van der Waals surface area contributed by atoms with Crippen LogP contribution < -0.4 is 0 Å². The van der Waals surface area contributed by atoms with Crippen LogP contribution in [0.1, 0.15) is 17.3 Å². The number of ether oxygens (including phenoxy) is 1. The summed E-state index contributed by atoms with van der Waals surface area (Å²) >= 11 is 3.36. The molecule has 1 aromatic carbocycles. The van der Waals surface area contributed by atoms with E-state index in [1.165, 1.54) is 0 Å². The summed E-state index contributed by atoms with van der Waals surface area (Å²) < 4.78 is 6.51. The molecule has 0 bridgehead atoms. The highest BCUT2D eigenvalue weighted by molar-refractivity contribution is 9.10. The molecular weight excluding hydrogens is 280 g/mol. The predicted molar refractivity (Wildman–Crippen MR) is 71.1 cm³/mol. The van der Waals surface area contributed by atoms with Crippen LogP contribution in [0.2, 0.25) is 0 Å². The van der Waals surface area contributed by atoms with Gasteiger partial charge in [-0.05, 0) is 19.1 Å². The molecule has 1 aliphatic rings. The number of Topliss-reactive ketones (excluding diaryl/α,β-unsaturated/α-hetero) is 1. The normalized spacial score (nSPS) is 28.0. The lowest BCUT2D eigenvalue weighted by Gasteiger charge is -2.16. The summed E-state index contributed by atoms with van der Waals surface area (Å²) in [7, 11) is 0. The Morgan fingerprint density at radius 1 is 1.47 bits per heavy atom. The number of halogens is 1. The molecule has 2 rings (SSSR count). The van der Waals surface area contributed by atoms with Crippen molar-refractivity contribution in [3.8, 4) is 0 Å². The van der Waals surface area contributed by atoms with Crippen LogP contribution in [0.5, 0.6) is 0 Å². The Morgan fingerprint density at radius 2 is 2.12 bits per heavy atom. The number of carbonyl (C=O) groups is 1. The van der Waals surface area contributed by atoms with E-state index < -0.39 is 0 Å². The first-order valence-corrected chi connectivity index (χ1v) is 6.46. The van der Waals surface area contributed by atoms with Gasteiger partial charge in [-0.1, -0.05) is 34.1 Å². The predicted octanol–water partition coefficient (Wildman–Crippen LogP) is 3.47. The van der Waals surface area contributed by atoms with Crippen molar-refractivity contribution in [1.29, 1.82) is 0 Å². The van der Waals surface area contributed by atoms with Gasteiger partial charge in [0, 0.05) is 16.0 Å². The molecule has 0 unspecified atom stereocenters. The average molecular weight is 295 g/mol. The summed E-state index contributed by atoms with van der Waals surface area (Å²) in [5.74, 6) is 0.169. The Morgan fingerprint density at radius 3 is 2.71 bits per heavy atom. The molecule has 90 valence electrons. The first kappa shape index (κ1) is 12.5. The van der Waals surface area contributed by atoms with Crippen molar-refractivity contribution in [3.05, 3.63) is 47.0 Å². The van der Waals surface area contributed by atoms with E-state index in [0.29, 0.717) is 6.61 Å². The van der Waals surface area contributed by atoms with Crippen molar-refractivity contribution >= 4 is 21.7 Å². The van der Waals surface area contributed by atoms with Gasteiger partial charge in [0.2, 0.25) is 0 Å². The molecule has 17 heavy (non-hydrogen) atoms. The highest BCUT2D eigenvalue weighted by Gasteiger charge is 2.38. The molecule has 1 aromatic rings. The average Bonchev–Trinajstić information content (AvgIpc) is 2.70. The fourth-order valence-electron chi connectivity index (χ4n) is 2.25. The molecule has 1 aliphatic heterocycles. The van der Waals surface area contributed by atoms with E-state index in [-0.39, 0.29) is 23.7 Å². The lowest BCUT2D eigenvalue weighted by molar-refractivity contribution is 0.0762. The zero-order valence-corrected chi connectivity index (χ0v) is 11.3. The number of ketones is 1. The van der Waals surface area contributed by atoms with E-state index in [0.717, 1.165) is 10.0 Å². The fourth-order valence-corrected chi connectivity index (χ4v) is 2.51. The van der Waals surface area contributed by atoms with Crippen LogP contribution in [0.25, 0.3) is 0 Å². The summed E-state index contributed by atoms with van der Waals surface area (Å²) in [6.07, 6.45) is 1.79. The molecule has 0 amide bonds. The second-order valence-electron chi connectivity index (χ2n) is 4.33. The molecule has 0 spiro atoms. The number of hydrogen-bond donors (Lipinski definition) is 0. The Hall–Kier alpha value is -0.930. The summed E-state index contributed by atoms with van der Waals surface area (Å²) in [5, 5.41) is 0. The minimum atomic E-state index is -0.103. The molecule has 0 aliphatic carbocycles. The lowest BCUT2D eigenvalue weighted by atomic mass is 9.85. The van der Waals surface area contributed by atoms with Gasteiger partial charge in [0.25, 0.3) is 0 Å². The lowest BCUT2D eigenvalue weighted by Crippen LogP contribution is -2.26. The van der Waals surface area contributed by atoms with Crippen LogP contribution in [0.3, 0.4) is 0 Å². The molecule has 2 nitrogen and oxygen atoms in total. The second kappa shape index (κ2) is 5.15. The van der Waals surface area contributed by atoms with Gasteiger partial charge in [-0.3, -0.25) is 4.79 Å². The van der Waals surface area contributed by atoms with Crippen LogP contribution in [0, 0.1) is 11.8 Å². The van der Waals surface area contributed by atoms with Crippen LogP contribution in [0.4, 0.5) is 0 Å². The SMILES string of the molecule is C=C[C@H]1CO[C@H](C)[C@H]1C(=O)c1ccc(Br)cc1. The second-order valence-corrected chi connectivity index (χ2v) is 5.25. The van der Waals surface area contributed by atoms with Crippen LogP contribution >= 0.6 is 15.9 Å². The third-order valence-corrected chi connectivity index (χ3v) is 3.78. The van der Waals surface area contributed by atoms with Crippen molar-refractivity contribution in [2.24, 2.45) is 11.8 Å². The Balaban J connectivity index is 2.24. The van der Waals surface area contributed by atoms with Crippen LogP contribution in [0.15, 0.2) is 41.4 Å². The van der Waals surface area contributed by atoms with Gasteiger partial charge < -0.3 is 4.74 Å².